The Labute approximate surface area is 161 Å². The van der Waals surface area contributed by atoms with E-state index in [2.05, 4.69) is 25.9 Å². The molecular weight excluding hydrogens is 364 g/mol. The zero-order valence-electron chi connectivity index (χ0n) is 14.6. The fraction of sp³-hybridized carbons (Fsp3) is 0.316. The Bertz CT molecular complexity index is 863. The Hall–Kier alpha value is -1.99. The van der Waals surface area contributed by atoms with Gasteiger partial charge < -0.3 is 9.32 Å². The fourth-order valence-electron chi connectivity index (χ4n) is 2.78. The molecule has 0 radical (unpaired) electrons. The molecule has 1 saturated heterocycles. The Morgan fingerprint density at radius 1 is 1.15 bits per heavy atom. The standard InChI is InChI=1S/C19H20N4OS2/c1-14-16(22-19(24-14)15-5-3-2-4-6-15)12-26-18-11-17(20-13-21-18)23-7-9-25-10-8-23/h2-6,11,13H,7-10,12H2,1H3. The lowest BCUT2D eigenvalue weighted by Gasteiger charge is -2.27. The van der Waals surface area contributed by atoms with Gasteiger partial charge in [0, 0.05) is 42.0 Å². The molecule has 0 unspecified atom stereocenters. The quantitative estimate of drug-likeness (QED) is 0.480. The molecule has 134 valence electrons. The van der Waals surface area contributed by atoms with E-state index in [1.807, 2.05) is 49.0 Å². The van der Waals surface area contributed by atoms with Crippen LogP contribution in [0.15, 0.2) is 52.2 Å². The van der Waals surface area contributed by atoms with Crippen LogP contribution in [0.3, 0.4) is 0 Å². The molecule has 0 bridgehead atoms. The van der Waals surface area contributed by atoms with Gasteiger partial charge in [-0.3, -0.25) is 0 Å². The molecular formula is C19H20N4OS2. The van der Waals surface area contributed by atoms with Gasteiger partial charge in [-0.2, -0.15) is 11.8 Å². The molecule has 3 aromatic rings. The van der Waals surface area contributed by atoms with Crippen molar-refractivity contribution in [3.05, 3.63) is 54.2 Å². The second kappa shape index (κ2) is 8.14. The van der Waals surface area contributed by atoms with Crippen molar-refractivity contribution in [3.8, 4) is 11.5 Å². The average molecular weight is 385 g/mol. The van der Waals surface area contributed by atoms with Crippen molar-refractivity contribution in [1.82, 2.24) is 15.0 Å². The maximum absolute atomic E-state index is 5.84. The van der Waals surface area contributed by atoms with Crippen LogP contribution in [0.1, 0.15) is 11.5 Å². The van der Waals surface area contributed by atoms with Crippen LogP contribution in [0.2, 0.25) is 0 Å². The Balaban J connectivity index is 1.45. The molecule has 0 saturated carbocycles. The summed E-state index contributed by atoms with van der Waals surface area (Å²) in [6.45, 7) is 4.06. The maximum atomic E-state index is 5.84. The van der Waals surface area contributed by atoms with Crippen LogP contribution in [0, 0.1) is 6.92 Å². The fourth-order valence-corrected chi connectivity index (χ4v) is 4.55. The predicted octanol–water partition coefficient (Wildman–Crippen LogP) is 4.29. The summed E-state index contributed by atoms with van der Waals surface area (Å²) in [6, 6.07) is 12.1. The Morgan fingerprint density at radius 2 is 1.96 bits per heavy atom. The average Bonchev–Trinajstić information content (AvgIpc) is 3.09. The smallest absolute Gasteiger partial charge is 0.226 e. The molecule has 2 aromatic heterocycles. The van der Waals surface area contributed by atoms with E-state index in [0.717, 1.165) is 58.2 Å². The van der Waals surface area contributed by atoms with Crippen LogP contribution in [0.5, 0.6) is 0 Å². The third-order valence-electron chi connectivity index (χ3n) is 4.23. The molecule has 4 rings (SSSR count). The molecule has 3 heterocycles. The first kappa shape index (κ1) is 17.4. The minimum absolute atomic E-state index is 0.674. The Morgan fingerprint density at radius 3 is 2.77 bits per heavy atom. The van der Waals surface area contributed by atoms with Crippen LogP contribution in [0.4, 0.5) is 5.82 Å². The van der Waals surface area contributed by atoms with Gasteiger partial charge in [0.2, 0.25) is 5.89 Å². The monoisotopic (exact) mass is 384 g/mol. The lowest BCUT2D eigenvalue weighted by Crippen LogP contribution is -2.33. The molecule has 1 aliphatic rings. The highest BCUT2D eigenvalue weighted by atomic mass is 32.2. The van der Waals surface area contributed by atoms with Crippen molar-refractivity contribution in [2.75, 3.05) is 29.5 Å². The van der Waals surface area contributed by atoms with E-state index in [-0.39, 0.29) is 0 Å². The van der Waals surface area contributed by atoms with Crippen molar-refractivity contribution in [1.29, 1.82) is 0 Å². The molecule has 0 aliphatic carbocycles. The number of rotatable bonds is 5. The second-order valence-corrected chi connectivity index (χ2v) is 8.21. The first-order valence-electron chi connectivity index (χ1n) is 8.59. The summed E-state index contributed by atoms with van der Waals surface area (Å²) >= 11 is 3.67. The van der Waals surface area contributed by atoms with E-state index in [1.54, 1.807) is 18.1 Å². The second-order valence-electron chi connectivity index (χ2n) is 5.99. The summed E-state index contributed by atoms with van der Waals surface area (Å²) in [5.41, 5.74) is 1.96. The molecule has 1 aliphatic heterocycles. The lowest BCUT2D eigenvalue weighted by molar-refractivity contribution is 0.540. The van der Waals surface area contributed by atoms with E-state index in [1.165, 1.54) is 0 Å². The van der Waals surface area contributed by atoms with Crippen molar-refractivity contribution in [2.24, 2.45) is 0 Å². The molecule has 1 fully saturated rings. The molecule has 1 aromatic carbocycles. The van der Waals surface area contributed by atoms with E-state index in [9.17, 15) is 0 Å². The van der Waals surface area contributed by atoms with Crippen molar-refractivity contribution in [3.63, 3.8) is 0 Å². The SMILES string of the molecule is Cc1oc(-c2ccccc2)nc1CSc1cc(N2CCSCC2)ncn1. The summed E-state index contributed by atoms with van der Waals surface area (Å²) in [6.07, 6.45) is 1.66. The number of benzene rings is 1. The largest absolute Gasteiger partial charge is 0.441 e. The number of anilines is 1. The minimum atomic E-state index is 0.674. The highest BCUT2D eigenvalue weighted by Crippen LogP contribution is 2.28. The van der Waals surface area contributed by atoms with Gasteiger partial charge in [0.1, 0.15) is 22.9 Å². The molecule has 0 atom stereocenters. The van der Waals surface area contributed by atoms with Gasteiger partial charge in [0.15, 0.2) is 0 Å². The lowest BCUT2D eigenvalue weighted by atomic mass is 10.2. The Kier molecular flexibility index (Phi) is 5.45. The number of aromatic nitrogens is 3. The zero-order chi connectivity index (χ0) is 17.8. The van der Waals surface area contributed by atoms with Gasteiger partial charge in [-0.05, 0) is 19.1 Å². The number of nitrogens with zero attached hydrogens (tertiary/aromatic N) is 4. The first-order chi connectivity index (χ1) is 12.8. The van der Waals surface area contributed by atoms with Crippen molar-refractivity contribution < 1.29 is 4.42 Å². The summed E-state index contributed by atoms with van der Waals surface area (Å²) in [5.74, 6) is 5.60. The normalized spacial score (nSPS) is 14.6. The molecule has 0 N–H and O–H groups in total. The van der Waals surface area contributed by atoms with Gasteiger partial charge in [0.25, 0.3) is 0 Å². The third-order valence-corrected chi connectivity index (χ3v) is 6.11. The molecule has 5 nitrogen and oxygen atoms in total. The minimum Gasteiger partial charge on any atom is -0.441 e. The van der Waals surface area contributed by atoms with Gasteiger partial charge in [-0.15, -0.1) is 0 Å². The highest BCUT2D eigenvalue weighted by Gasteiger charge is 2.15. The summed E-state index contributed by atoms with van der Waals surface area (Å²) in [7, 11) is 0. The topological polar surface area (TPSA) is 55.1 Å². The van der Waals surface area contributed by atoms with Crippen molar-refractivity contribution in [2.45, 2.75) is 17.7 Å². The van der Waals surface area contributed by atoms with Gasteiger partial charge in [-0.1, -0.05) is 30.0 Å². The van der Waals surface area contributed by atoms with E-state index in [0.29, 0.717) is 5.89 Å². The number of thioether (sulfide) groups is 2. The third kappa shape index (κ3) is 4.04. The van der Waals surface area contributed by atoms with Crippen LogP contribution in [-0.4, -0.2) is 39.5 Å². The summed E-state index contributed by atoms with van der Waals surface area (Å²) in [4.78, 5) is 15.8. The van der Waals surface area contributed by atoms with E-state index < -0.39 is 0 Å². The van der Waals surface area contributed by atoms with E-state index in [4.69, 9.17) is 4.42 Å². The number of oxazole rings is 1. The first-order valence-corrected chi connectivity index (χ1v) is 10.7. The van der Waals surface area contributed by atoms with Crippen LogP contribution in [-0.2, 0) is 5.75 Å². The van der Waals surface area contributed by atoms with Gasteiger partial charge in [-0.25, -0.2) is 15.0 Å². The highest BCUT2D eigenvalue weighted by molar-refractivity contribution is 7.99. The molecule has 7 heteroatoms. The zero-order valence-corrected chi connectivity index (χ0v) is 16.2. The molecule has 0 spiro atoms. The number of aryl methyl sites for hydroxylation is 1. The maximum Gasteiger partial charge on any atom is 0.226 e. The predicted molar refractivity (Wildman–Crippen MR) is 108 cm³/mol. The summed E-state index contributed by atoms with van der Waals surface area (Å²) in [5, 5.41) is 0.969. The number of hydrogen-bond donors (Lipinski definition) is 0. The molecule has 26 heavy (non-hydrogen) atoms. The van der Waals surface area contributed by atoms with Crippen LogP contribution < -0.4 is 4.90 Å². The number of hydrogen-bond acceptors (Lipinski definition) is 7. The van der Waals surface area contributed by atoms with E-state index >= 15 is 0 Å². The molecule has 0 amide bonds. The van der Waals surface area contributed by atoms with Crippen molar-refractivity contribution >= 4 is 29.3 Å². The summed E-state index contributed by atoms with van der Waals surface area (Å²) < 4.78 is 5.84. The van der Waals surface area contributed by atoms with Gasteiger partial charge in [0.05, 0.1) is 5.69 Å². The van der Waals surface area contributed by atoms with Gasteiger partial charge >= 0.3 is 0 Å². The van der Waals surface area contributed by atoms with Crippen LogP contribution >= 0.6 is 23.5 Å². The van der Waals surface area contributed by atoms with Crippen LogP contribution in [0.25, 0.3) is 11.5 Å².